The molecule has 0 N–H and O–H groups in total. The number of ether oxygens (including phenoxy) is 1. The van der Waals surface area contributed by atoms with Crippen molar-refractivity contribution in [1.29, 1.82) is 0 Å². The van der Waals surface area contributed by atoms with Gasteiger partial charge in [-0.1, -0.05) is 0 Å². The lowest BCUT2D eigenvalue weighted by atomic mass is 10.1. The fourth-order valence-corrected chi connectivity index (χ4v) is 1.55. The Labute approximate surface area is 108 Å². The molecule has 0 spiro atoms. The second-order valence-electron chi connectivity index (χ2n) is 3.78. The average molecular weight is 264 g/mol. The Bertz CT molecular complexity index is 617. The van der Waals surface area contributed by atoms with Crippen molar-refractivity contribution in [2.45, 2.75) is 6.42 Å². The highest BCUT2D eigenvalue weighted by atomic mass is 19.1. The van der Waals surface area contributed by atoms with Crippen LogP contribution in [0.25, 0.3) is 0 Å². The van der Waals surface area contributed by atoms with Crippen LogP contribution in [0.4, 0.5) is 8.78 Å². The van der Waals surface area contributed by atoms with Crippen molar-refractivity contribution in [2.75, 3.05) is 7.11 Å². The van der Waals surface area contributed by atoms with Crippen LogP contribution in [0.3, 0.4) is 0 Å². The zero-order valence-corrected chi connectivity index (χ0v) is 10.1. The molecule has 0 unspecified atom stereocenters. The molecule has 0 amide bonds. The van der Waals surface area contributed by atoms with Crippen LogP contribution in [0.5, 0.6) is 5.88 Å². The van der Waals surface area contributed by atoms with Gasteiger partial charge in [-0.3, -0.25) is 4.79 Å². The zero-order chi connectivity index (χ0) is 13.8. The van der Waals surface area contributed by atoms with Crippen LogP contribution >= 0.6 is 0 Å². The van der Waals surface area contributed by atoms with Gasteiger partial charge in [-0.25, -0.2) is 18.7 Å². The molecule has 1 heterocycles. The monoisotopic (exact) mass is 264 g/mol. The lowest BCUT2D eigenvalue weighted by Crippen LogP contribution is -2.08. The van der Waals surface area contributed by atoms with Crippen LogP contribution in [0.15, 0.2) is 30.6 Å². The SMILES string of the molecule is COc1cc(C(=O)Cc2cc(F)ccc2F)ncn1. The summed E-state index contributed by atoms with van der Waals surface area (Å²) in [7, 11) is 1.41. The van der Waals surface area contributed by atoms with Gasteiger partial charge in [0.15, 0.2) is 5.78 Å². The molecule has 0 atom stereocenters. The minimum absolute atomic E-state index is 0.0115. The first-order valence-corrected chi connectivity index (χ1v) is 5.43. The van der Waals surface area contributed by atoms with Crippen LogP contribution in [-0.2, 0) is 6.42 Å². The lowest BCUT2D eigenvalue weighted by molar-refractivity contribution is 0.0986. The Balaban J connectivity index is 2.22. The van der Waals surface area contributed by atoms with Gasteiger partial charge < -0.3 is 4.74 Å². The Kier molecular flexibility index (Phi) is 3.79. The van der Waals surface area contributed by atoms with Crippen molar-refractivity contribution < 1.29 is 18.3 Å². The number of hydrogen-bond donors (Lipinski definition) is 0. The molecule has 2 rings (SSSR count). The third-order valence-electron chi connectivity index (χ3n) is 2.50. The molecule has 1 aromatic carbocycles. The summed E-state index contributed by atoms with van der Waals surface area (Å²) in [6.45, 7) is 0. The third kappa shape index (κ3) is 3.09. The van der Waals surface area contributed by atoms with Crippen molar-refractivity contribution in [2.24, 2.45) is 0 Å². The molecule has 1 aromatic heterocycles. The number of carbonyl (C=O) groups is 1. The van der Waals surface area contributed by atoms with Crippen LogP contribution in [0.2, 0.25) is 0 Å². The van der Waals surface area contributed by atoms with Crippen LogP contribution in [0, 0.1) is 11.6 Å². The molecule has 0 fully saturated rings. The maximum Gasteiger partial charge on any atom is 0.216 e. The third-order valence-corrected chi connectivity index (χ3v) is 2.50. The van der Waals surface area contributed by atoms with Crippen molar-refractivity contribution in [3.63, 3.8) is 0 Å². The van der Waals surface area contributed by atoms with Crippen molar-refractivity contribution in [3.8, 4) is 5.88 Å². The molecule has 19 heavy (non-hydrogen) atoms. The normalized spacial score (nSPS) is 10.3. The summed E-state index contributed by atoms with van der Waals surface area (Å²) >= 11 is 0. The number of aromatic nitrogens is 2. The maximum atomic E-state index is 13.4. The Morgan fingerprint density at radius 3 is 2.79 bits per heavy atom. The summed E-state index contributed by atoms with van der Waals surface area (Å²) in [5, 5.41) is 0. The number of benzene rings is 1. The molecular formula is C13H10F2N2O2. The first-order valence-electron chi connectivity index (χ1n) is 5.43. The number of methoxy groups -OCH3 is 1. The first-order chi connectivity index (χ1) is 9.10. The lowest BCUT2D eigenvalue weighted by Gasteiger charge is -2.04. The van der Waals surface area contributed by atoms with E-state index in [4.69, 9.17) is 4.74 Å². The average Bonchev–Trinajstić information content (AvgIpc) is 2.43. The number of nitrogens with zero attached hydrogens (tertiary/aromatic N) is 2. The van der Waals surface area contributed by atoms with E-state index in [-0.39, 0.29) is 23.6 Å². The van der Waals surface area contributed by atoms with E-state index in [1.54, 1.807) is 0 Å². The predicted octanol–water partition coefficient (Wildman–Crippen LogP) is 2.19. The van der Waals surface area contributed by atoms with Gasteiger partial charge >= 0.3 is 0 Å². The van der Waals surface area contributed by atoms with Gasteiger partial charge in [0.25, 0.3) is 0 Å². The zero-order valence-electron chi connectivity index (χ0n) is 10.1. The number of halogens is 2. The fraction of sp³-hybridized carbons (Fsp3) is 0.154. The Hall–Kier alpha value is -2.37. The van der Waals surface area contributed by atoms with Crippen LogP contribution in [0.1, 0.15) is 16.1 Å². The summed E-state index contributed by atoms with van der Waals surface area (Å²) < 4.78 is 31.3. The van der Waals surface area contributed by atoms with Crippen molar-refractivity contribution in [1.82, 2.24) is 9.97 Å². The van der Waals surface area contributed by atoms with E-state index in [0.717, 1.165) is 18.2 Å². The summed E-state index contributed by atoms with van der Waals surface area (Å²) in [6, 6.07) is 4.32. The highest BCUT2D eigenvalue weighted by Crippen LogP contribution is 2.14. The molecule has 0 aliphatic carbocycles. The molecular weight excluding hydrogens is 254 g/mol. The van der Waals surface area contributed by atoms with Gasteiger partial charge in [-0.05, 0) is 23.8 Å². The van der Waals surface area contributed by atoms with E-state index < -0.39 is 17.4 Å². The van der Waals surface area contributed by atoms with Gasteiger partial charge in [-0.15, -0.1) is 0 Å². The van der Waals surface area contributed by atoms with Crippen molar-refractivity contribution >= 4 is 5.78 Å². The minimum Gasteiger partial charge on any atom is -0.481 e. The van der Waals surface area contributed by atoms with E-state index in [2.05, 4.69) is 9.97 Å². The number of Topliss-reactive ketones (excluding diaryl/α,β-unsaturated/α-hetero) is 1. The number of carbonyl (C=O) groups excluding carboxylic acids is 1. The molecule has 0 aliphatic rings. The molecule has 0 saturated carbocycles. The Morgan fingerprint density at radius 2 is 2.05 bits per heavy atom. The largest absolute Gasteiger partial charge is 0.481 e. The summed E-state index contributed by atoms with van der Waals surface area (Å²) in [5.41, 5.74) is 0.0816. The molecule has 2 aromatic rings. The molecule has 4 nitrogen and oxygen atoms in total. The number of ketones is 1. The summed E-state index contributed by atoms with van der Waals surface area (Å²) in [4.78, 5) is 19.4. The van der Waals surface area contributed by atoms with E-state index >= 15 is 0 Å². The summed E-state index contributed by atoms with van der Waals surface area (Å²) in [5.74, 6) is -1.43. The second kappa shape index (κ2) is 5.51. The second-order valence-corrected chi connectivity index (χ2v) is 3.78. The number of hydrogen-bond acceptors (Lipinski definition) is 4. The van der Waals surface area contributed by atoms with Gasteiger partial charge in [0.05, 0.1) is 7.11 Å². The van der Waals surface area contributed by atoms with Gasteiger partial charge in [-0.2, -0.15) is 0 Å². The first kappa shape index (κ1) is 13.1. The fourth-order valence-electron chi connectivity index (χ4n) is 1.55. The van der Waals surface area contributed by atoms with Crippen molar-refractivity contribution in [3.05, 3.63) is 53.5 Å². The molecule has 0 radical (unpaired) electrons. The quantitative estimate of drug-likeness (QED) is 0.794. The topological polar surface area (TPSA) is 52.1 Å². The minimum atomic E-state index is -0.629. The molecule has 6 heteroatoms. The highest BCUT2D eigenvalue weighted by molar-refractivity contribution is 5.95. The molecule has 98 valence electrons. The molecule has 0 saturated heterocycles. The standard InChI is InChI=1S/C13H10F2N2O2/c1-19-13-6-11(16-7-17-13)12(18)5-8-4-9(14)2-3-10(8)15/h2-4,6-7H,5H2,1H3. The van der Waals surface area contributed by atoms with Gasteiger partial charge in [0.2, 0.25) is 5.88 Å². The van der Waals surface area contributed by atoms with Gasteiger partial charge in [0, 0.05) is 12.5 Å². The van der Waals surface area contributed by atoms with Gasteiger partial charge in [0.1, 0.15) is 23.7 Å². The molecule has 0 bridgehead atoms. The van der Waals surface area contributed by atoms with E-state index in [1.165, 1.54) is 19.5 Å². The Morgan fingerprint density at radius 1 is 1.26 bits per heavy atom. The van der Waals surface area contributed by atoms with Crippen LogP contribution < -0.4 is 4.74 Å². The maximum absolute atomic E-state index is 13.4. The number of rotatable bonds is 4. The smallest absolute Gasteiger partial charge is 0.216 e. The highest BCUT2D eigenvalue weighted by Gasteiger charge is 2.13. The van der Waals surface area contributed by atoms with E-state index in [9.17, 15) is 13.6 Å². The van der Waals surface area contributed by atoms with E-state index in [1.807, 2.05) is 0 Å². The van der Waals surface area contributed by atoms with Crippen LogP contribution in [-0.4, -0.2) is 22.9 Å². The predicted molar refractivity (Wildman–Crippen MR) is 63.0 cm³/mol. The molecule has 0 aliphatic heterocycles. The summed E-state index contributed by atoms with van der Waals surface area (Å²) in [6.07, 6.45) is 0.901. The van der Waals surface area contributed by atoms with E-state index in [0.29, 0.717) is 0 Å².